The smallest absolute Gasteiger partial charge is 0.248 e. The fourth-order valence-corrected chi connectivity index (χ4v) is 2.59. The Labute approximate surface area is 153 Å². The van der Waals surface area contributed by atoms with Gasteiger partial charge >= 0.3 is 0 Å². The molecule has 0 aliphatic heterocycles. The van der Waals surface area contributed by atoms with Crippen LogP contribution in [0.2, 0.25) is 0 Å². The molecule has 6 nitrogen and oxygen atoms in total. The highest BCUT2D eigenvalue weighted by Crippen LogP contribution is 2.20. The van der Waals surface area contributed by atoms with Crippen molar-refractivity contribution in [2.45, 2.75) is 39.7 Å². The predicted molar refractivity (Wildman–Crippen MR) is 102 cm³/mol. The van der Waals surface area contributed by atoms with E-state index in [-0.39, 0.29) is 12.5 Å². The largest absolute Gasteiger partial charge is 0.324 e. The Bertz CT molecular complexity index is 868. The van der Waals surface area contributed by atoms with E-state index in [4.69, 9.17) is 0 Å². The normalized spacial score (nSPS) is 12.0. The first-order chi connectivity index (χ1) is 12.5. The van der Waals surface area contributed by atoms with Crippen molar-refractivity contribution in [1.82, 2.24) is 20.2 Å². The molecule has 0 aliphatic carbocycles. The van der Waals surface area contributed by atoms with Crippen LogP contribution in [0.15, 0.2) is 48.5 Å². The average Bonchev–Trinajstić information content (AvgIpc) is 3.10. The summed E-state index contributed by atoms with van der Waals surface area (Å²) in [5, 5.41) is 15.1. The van der Waals surface area contributed by atoms with Gasteiger partial charge in [0.1, 0.15) is 6.54 Å². The summed E-state index contributed by atoms with van der Waals surface area (Å²) in [7, 11) is 0. The Morgan fingerprint density at radius 3 is 2.46 bits per heavy atom. The third-order valence-electron chi connectivity index (χ3n) is 4.42. The predicted octanol–water partition coefficient (Wildman–Crippen LogP) is 3.80. The molecule has 1 heterocycles. The average molecular weight is 349 g/mol. The first kappa shape index (κ1) is 17.8. The van der Waals surface area contributed by atoms with Gasteiger partial charge in [0, 0.05) is 11.3 Å². The van der Waals surface area contributed by atoms with Crippen molar-refractivity contribution >= 4 is 11.6 Å². The molecule has 0 aliphatic rings. The fraction of sp³-hybridized carbons (Fsp3) is 0.300. The molecular formula is C20H23N5O. The van der Waals surface area contributed by atoms with E-state index in [9.17, 15) is 4.79 Å². The van der Waals surface area contributed by atoms with E-state index in [2.05, 4.69) is 34.6 Å². The van der Waals surface area contributed by atoms with E-state index in [0.29, 0.717) is 11.7 Å². The summed E-state index contributed by atoms with van der Waals surface area (Å²) in [6.45, 7) is 6.39. The van der Waals surface area contributed by atoms with Gasteiger partial charge in [0.15, 0.2) is 0 Å². The van der Waals surface area contributed by atoms with Gasteiger partial charge in [-0.2, -0.15) is 4.80 Å². The van der Waals surface area contributed by atoms with Crippen molar-refractivity contribution < 1.29 is 4.79 Å². The molecule has 0 spiro atoms. The minimum absolute atomic E-state index is 0.0198. The topological polar surface area (TPSA) is 72.7 Å². The van der Waals surface area contributed by atoms with Crippen LogP contribution in [0.3, 0.4) is 0 Å². The number of benzene rings is 2. The molecule has 0 fully saturated rings. The van der Waals surface area contributed by atoms with Gasteiger partial charge in [0.25, 0.3) is 0 Å². The van der Waals surface area contributed by atoms with Crippen LogP contribution >= 0.6 is 0 Å². The number of rotatable bonds is 6. The molecule has 0 saturated heterocycles. The monoisotopic (exact) mass is 349 g/mol. The molecular weight excluding hydrogens is 326 g/mol. The van der Waals surface area contributed by atoms with Crippen molar-refractivity contribution in [3.8, 4) is 11.4 Å². The summed E-state index contributed by atoms with van der Waals surface area (Å²) < 4.78 is 0. The van der Waals surface area contributed by atoms with E-state index < -0.39 is 0 Å². The number of hydrogen-bond donors (Lipinski definition) is 1. The first-order valence-corrected chi connectivity index (χ1v) is 8.80. The first-order valence-electron chi connectivity index (χ1n) is 8.80. The molecule has 1 aromatic heterocycles. The third kappa shape index (κ3) is 4.33. The Morgan fingerprint density at radius 1 is 1.12 bits per heavy atom. The van der Waals surface area contributed by atoms with Gasteiger partial charge in [0.2, 0.25) is 11.7 Å². The molecule has 0 radical (unpaired) electrons. The van der Waals surface area contributed by atoms with Crippen molar-refractivity contribution in [3.63, 3.8) is 0 Å². The second kappa shape index (κ2) is 7.91. The van der Waals surface area contributed by atoms with Crippen molar-refractivity contribution in [2.75, 3.05) is 5.32 Å². The van der Waals surface area contributed by atoms with Crippen LogP contribution < -0.4 is 5.32 Å². The van der Waals surface area contributed by atoms with Crippen LogP contribution in [0.1, 0.15) is 37.3 Å². The minimum Gasteiger partial charge on any atom is -0.324 e. The number of anilines is 1. The second-order valence-corrected chi connectivity index (χ2v) is 6.49. The number of carbonyl (C=O) groups excluding carboxylic acids is 1. The molecule has 6 heteroatoms. The van der Waals surface area contributed by atoms with Crippen LogP contribution in [-0.4, -0.2) is 26.1 Å². The molecule has 0 bridgehead atoms. The zero-order valence-corrected chi connectivity index (χ0v) is 15.3. The number of aryl methyl sites for hydroxylation is 1. The summed E-state index contributed by atoms with van der Waals surface area (Å²) in [6, 6.07) is 15.8. The fourth-order valence-electron chi connectivity index (χ4n) is 2.59. The number of carbonyl (C=O) groups is 1. The van der Waals surface area contributed by atoms with E-state index in [1.807, 2.05) is 55.5 Å². The lowest BCUT2D eigenvalue weighted by atomic mass is 9.99. The van der Waals surface area contributed by atoms with Crippen molar-refractivity contribution in [1.29, 1.82) is 0 Å². The van der Waals surface area contributed by atoms with Gasteiger partial charge < -0.3 is 5.32 Å². The Balaban J connectivity index is 1.61. The summed E-state index contributed by atoms with van der Waals surface area (Å²) in [5.41, 5.74) is 4.08. The molecule has 134 valence electrons. The number of hydrogen-bond acceptors (Lipinski definition) is 4. The standard InChI is InChI=1S/C20H23N5O/c1-4-15(3)16-9-11-18(12-10-16)21-19(26)13-25-23-20(22-24-25)17-7-5-14(2)6-8-17/h5-12,15H,4,13H2,1-3H3,(H,21,26)/t15-/m0/s1. The molecule has 1 amide bonds. The van der Waals surface area contributed by atoms with Crippen molar-refractivity contribution in [3.05, 3.63) is 59.7 Å². The molecule has 1 N–H and O–H groups in total. The van der Waals surface area contributed by atoms with E-state index in [1.165, 1.54) is 15.9 Å². The Hall–Kier alpha value is -3.02. The van der Waals surface area contributed by atoms with Gasteiger partial charge in [0.05, 0.1) is 0 Å². The lowest BCUT2D eigenvalue weighted by Crippen LogP contribution is -2.20. The summed E-state index contributed by atoms with van der Waals surface area (Å²) in [5.74, 6) is 0.837. The van der Waals surface area contributed by atoms with E-state index in [0.717, 1.165) is 17.7 Å². The zero-order valence-electron chi connectivity index (χ0n) is 15.3. The maximum Gasteiger partial charge on any atom is 0.248 e. The highest BCUT2D eigenvalue weighted by Gasteiger charge is 2.10. The number of nitrogens with one attached hydrogen (secondary N) is 1. The van der Waals surface area contributed by atoms with Crippen LogP contribution in [0.4, 0.5) is 5.69 Å². The summed E-state index contributed by atoms with van der Waals surface area (Å²) >= 11 is 0. The Morgan fingerprint density at radius 2 is 1.81 bits per heavy atom. The lowest BCUT2D eigenvalue weighted by Gasteiger charge is -2.10. The highest BCUT2D eigenvalue weighted by atomic mass is 16.2. The number of aromatic nitrogens is 4. The molecule has 1 atom stereocenters. The molecule has 0 unspecified atom stereocenters. The van der Waals surface area contributed by atoms with E-state index >= 15 is 0 Å². The maximum atomic E-state index is 12.2. The van der Waals surface area contributed by atoms with Gasteiger partial charge in [-0.25, -0.2) is 0 Å². The zero-order chi connectivity index (χ0) is 18.5. The molecule has 0 saturated carbocycles. The quantitative estimate of drug-likeness (QED) is 0.734. The highest BCUT2D eigenvalue weighted by molar-refractivity contribution is 5.90. The number of nitrogens with zero attached hydrogens (tertiary/aromatic N) is 4. The van der Waals surface area contributed by atoms with E-state index in [1.54, 1.807) is 0 Å². The molecule has 2 aromatic carbocycles. The molecule has 3 aromatic rings. The van der Waals surface area contributed by atoms with Gasteiger partial charge in [-0.15, -0.1) is 10.2 Å². The van der Waals surface area contributed by atoms with Crippen LogP contribution in [0.25, 0.3) is 11.4 Å². The van der Waals surface area contributed by atoms with Crippen LogP contribution in [-0.2, 0) is 11.3 Å². The van der Waals surface area contributed by atoms with Crippen LogP contribution in [0.5, 0.6) is 0 Å². The van der Waals surface area contributed by atoms with Gasteiger partial charge in [-0.05, 0) is 42.2 Å². The van der Waals surface area contributed by atoms with Gasteiger partial charge in [-0.3, -0.25) is 4.79 Å². The lowest BCUT2D eigenvalue weighted by molar-refractivity contribution is -0.117. The summed E-state index contributed by atoms with van der Waals surface area (Å²) in [4.78, 5) is 13.5. The number of tetrazole rings is 1. The molecule has 26 heavy (non-hydrogen) atoms. The molecule has 3 rings (SSSR count). The summed E-state index contributed by atoms with van der Waals surface area (Å²) in [6.07, 6.45) is 1.09. The van der Waals surface area contributed by atoms with Crippen molar-refractivity contribution in [2.24, 2.45) is 0 Å². The van der Waals surface area contributed by atoms with Gasteiger partial charge in [-0.1, -0.05) is 55.8 Å². The second-order valence-electron chi connectivity index (χ2n) is 6.49. The minimum atomic E-state index is -0.186. The number of amides is 1. The Kier molecular flexibility index (Phi) is 5.41. The third-order valence-corrected chi connectivity index (χ3v) is 4.42. The van der Waals surface area contributed by atoms with Crippen LogP contribution in [0, 0.1) is 6.92 Å². The maximum absolute atomic E-state index is 12.2. The SMILES string of the molecule is CC[C@H](C)c1ccc(NC(=O)Cn2nnc(-c3ccc(C)cc3)n2)cc1.